The lowest BCUT2D eigenvalue weighted by Gasteiger charge is -1.91. The molecule has 0 aromatic carbocycles. The molecule has 0 spiro atoms. The number of thiazole rings is 3. The van der Waals surface area contributed by atoms with Crippen molar-refractivity contribution in [3.63, 3.8) is 0 Å². The van der Waals surface area contributed by atoms with Gasteiger partial charge in [0.15, 0.2) is 0 Å². The summed E-state index contributed by atoms with van der Waals surface area (Å²) in [5, 5.41) is 8.70. The molecule has 0 fully saturated rings. The first-order valence-corrected chi connectivity index (χ1v) is 11.6. The van der Waals surface area contributed by atoms with Gasteiger partial charge in [0, 0.05) is 11.4 Å². The molecule has 0 saturated heterocycles. The number of carbonyl (C=O) groups excluding carboxylic acids is 1. The number of fused-ring (bicyclic) bond motifs is 3. The number of nitrogens with zero attached hydrogens (tertiary/aromatic N) is 3. The Kier molecular flexibility index (Phi) is 6.42. The Morgan fingerprint density at radius 1 is 0.903 bits per heavy atom. The van der Waals surface area contributed by atoms with Crippen LogP contribution in [0.4, 0.5) is 0 Å². The number of methoxy groups -OCH3 is 1. The zero-order valence-corrected chi connectivity index (χ0v) is 19.0. The number of ether oxygens (including phenoxy) is 1. The van der Waals surface area contributed by atoms with Crippen molar-refractivity contribution in [2.24, 2.45) is 0 Å². The third kappa shape index (κ3) is 4.82. The van der Waals surface area contributed by atoms with Gasteiger partial charge < -0.3 is 24.8 Å². The number of aliphatic hydroxyl groups is 1. The van der Waals surface area contributed by atoms with E-state index in [9.17, 15) is 4.79 Å². The van der Waals surface area contributed by atoms with E-state index in [4.69, 9.17) is 5.11 Å². The average molecular weight is 475 g/mol. The molecule has 0 aliphatic rings. The van der Waals surface area contributed by atoms with Crippen molar-refractivity contribution < 1.29 is 14.6 Å². The van der Waals surface area contributed by atoms with E-state index in [2.05, 4.69) is 40.7 Å². The zero-order chi connectivity index (χ0) is 21.8. The topological polar surface area (TPSA) is 133 Å². The molecule has 6 aromatic heterocycles. The summed E-state index contributed by atoms with van der Waals surface area (Å²) in [7, 11) is 1.35. The Morgan fingerprint density at radius 3 is 1.97 bits per heavy atom. The zero-order valence-electron chi connectivity index (χ0n) is 16.5. The van der Waals surface area contributed by atoms with Crippen molar-refractivity contribution in [3.05, 3.63) is 51.8 Å². The SMILES string of the molecule is COC(=O)c1cc2scnc2[nH]1.Cc1cc2scnc2[nH]1.OCc1cc2scnc2[nH]1. The highest BCUT2D eigenvalue weighted by molar-refractivity contribution is 7.17. The maximum atomic E-state index is 11.0. The molecule has 12 heteroatoms. The number of aromatic nitrogens is 6. The van der Waals surface area contributed by atoms with E-state index in [1.54, 1.807) is 39.8 Å². The molecule has 6 aromatic rings. The number of H-pyrrole nitrogens is 3. The van der Waals surface area contributed by atoms with E-state index < -0.39 is 0 Å². The molecule has 9 nitrogen and oxygen atoms in total. The van der Waals surface area contributed by atoms with Crippen molar-refractivity contribution >= 4 is 71.0 Å². The summed E-state index contributed by atoms with van der Waals surface area (Å²) >= 11 is 4.72. The average Bonchev–Trinajstić information content (AvgIpc) is 3.54. The first-order valence-electron chi connectivity index (χ1n) is 8.98. The van der Waals surface area contributed by atoms with Crippen LogP contribution in [0.5, 0.6) is 0 Å². The van der Waals surface area contributed by atoms with Crippen LogP contribution in [0.2, 0.25) is 0 Å². The minimum absolute atomic E-state index is 0.0586. The van der Waals surface area contributed by atoms with Gasteiger partial charge in [-0.1, -0.05) is 0 Å². The van der Waals surface area contributed by atoms with Crippen LogP contribution in [0.1, 0.15) is 21.9 Å². The van der Waals surface area contributed by atoms with Crippen molar-refractivity contribution in [1.29, 1.82) is 0 Å². The van der Waals surface area contributed by atoms with Crippen molar-refractivity contribution in [3.8, 4) is 0 Å². The predicted molar refractivity (Wildman–Crippen MR) is 124 cm³/mol. The Labute approximate surface area is 187 Å². The third-order valence-electron chi connectivity index (χ3n) is 4.14. The van der Waals surface area contributed by atoms with Gasteiger partial charge in [0.25, 0.3) is 0 Å². The highest BCUT2D eigenvalue weighted by Crippen LogP contribution is 2.19. The van der Waals surface area contributed by atoms with Crippen LogP contribution < -0.4 is 0 Å². The van der Waals surface area contributed by atoms with Gasteiger partial charge in [0.05, 0.1) is 44.3 Å². The van der Waals surface area contributed by atoms with Crippen LogP contribution in [0, 0.1) is 6.92 Å². The van der Waals surface area contributed by atoms with Crippen LogP contribution in [-0.2, 0) is 11.3 Å². The molecule has 0 aliphatic carbocycles. The summed E-state index contributed by atoms with van der Waals surface area (Å²) in [6.07, 6.45) is 0. The maximum Gasteiger partial charge on any atom is 0.354 e. The number of rotatable bonds is 2. The Balaban J connectivity index is 0.000000113. The van der Waals surface area contributed by atoms with Crippen LogP contribution in [-0.4, -0.2) is 48.1 Å². The van der Waals surface area contributed by atoms with Gasteiger partial charge in [0.1, 0.15) is 22.6 Å². The fourth-order valence-corrected chi connectivity index (χ4v) is 4.82. The Hall–Kier alpha value is -3.06. The number of nitrogens with one attached hydrogen (secondary N) is 3. The van der Waals surface area contributed by atoms with Crippen LogP contribution in [0.3, 0.4) is 0 Å². The van der Waals surface area contributed by atoms with Gasteiger partial charge in [-0.25, -0.2) is 19.7 Å². The summed E-state index contributed by atoms with van der Waals surface area (Å²) in [6, 6.07) is 5.75. The minimum Gasteiger partial charge on any atom is -0.464 e. The van der Waals surface area contributed by atoms with Gasteiger partial charge in [-0.05, 0) is 25.1 Å². The molecule has 0 radical (unpaired) electrons. The molecular weight excluding hydrogens is 456 g/mol. The molecule has 0 amide bonds. The lowest BCUT2D eigenvalue weighted by Crippen LogP contribution is -2.00. The predicted octanol–water partition coefficient (Wildman–Crippen LogP) is 4.46. The normalized spacial score (nSPS) is 10.7. The summed E-state index contributed by atoms with van der Waals surface area (Å²) in [4.78, 5) is 32.1. The molecule has 0 saturated carbocycles. The molecule has 6 rings (SSSR count). The Bertz CT molecular complexity index is 1330. The monoisotopic (exact) mass is 474 g/mol. The van der Waals surface area contributed by atoms with Gasteiger partial charge in [-0.2, -0.15) is 0 Å². The summed E-state index contributed by atoms with van der Waals surface area (Å²) in [5.74, 6) is -0.361. The second kappa shape index (κ2) is 9.39. The molecule has 4 N–H and O–H groups in total. The molecule has 31 heavy (non-hydrogen) atoms. The first-order chi connectivity index (χ1) is 15.1. The number of aliphatic hydroxyl groups excluding tert-OH is 1. The fourth-order valence-electron chi connectivity index (χ4n) is 2.72. The van der Waals surface area contributed by atoms with E-state index in [1.165, 1.54) is 28.8 Å². The lowest BCUT2D eigenvalue weighted by molar-refractivity contribution is 0.0595. The van der Waals surface area contributed by atoms with E-state index in [-0.39, 0.29) is 12.6 Å². The van der Waals surface area contributed by atoms with Crippen molar-refractivity contribution in [1.82, 2.24) is 29.9 Å². The van der Waals surface area contributed by atoms with E-state index in [0.717, 1.165) is 32.0 Å². The largest absolute Gasteiger partial charge is 0.464 e. The van der Waals surface area contributed by atoms with E-state index >= 15 is 0 Å². The number of aromatic amines is 3. The van der Waals surface area contributed by atoms with Gasteiger partial charge >= 0.3 is 5.97 Å². The molecular formula is C19H18N6O3S3. The molecule has 0 unspecified atom stereocenters. The summed E-state index contributed by atoms with van der Waals surface area (Å²) in [5.41, 5.74) is 10.4. The van der Waals surface area contributed by atoms with Crippen molar-refractivity contribution in [2.45, 2.75) is 13.5 Å². The maximum absolute atomic E-state index is 11.0. The first kappa shape index (κ1) is 21.2. The van der Waals surface area contributed by atoms with E-state index in [1.807, 2.05) is 18.5 Å². The van der Waals surface area contributed by atoms with Crippen LogP contribution in [0.25, 0.3) is 31.0 Å². The highest BCUT2D eigenvalue weighted by atomic mass is 32.1. The number of esters is 1. The highest BCUT2D eigenvalue weighted by Gasteiger charge is 2.10. The smallest absolute Gasteiger partial charge is 0.354 e. The molecule has 160 valence electrons. The van der Waals surface area contributed by atoms with Crippen LogP contribution >= 0.6 is 34.0 Å². The minimum atomic E-state index is -0.361. The van der Waals surface area contributed by atoms with E-state index in [0.29, 0.717) is 5.69 Å². The number of hydrogen-bond donors (Lipinski definition) is 4. The fraction of sp³-hybridized carbons (Fsp3) is 0.158. The molecule has 0 bridgehead atoms. The van der Waals surface area contributed by atoms with Gasteiger partial charge in [-0.3, -0.25) is 0 Å². The van der Waals surface area contributed by atoms with Crippen molar-refractivity contribution in [2.75, 3.05) is 7.11 Å². The molecule has 0 aliphatic heterocycles. The number of aryl methyl sites for hydroxylation is 1. The molecule has 0 atom stereocenters. The second-order valence-electron chi connectivity index (χ2n) is 6.28. The summed E-state index contributed by atoms with van der Waals surface area (Å²) in [6.45, 7) is 2.09. The van der Waals surface area contributed by atoms with Gasteiger partial charge in [0.2, 0.25) is 0 Å². The van der Waals surface area contributed by atoms with Gasteiger partial charge in [-0.15, -0.1) is 34.0 Å². The van der Waals surface area contributed by atoms with Crippen LogP contribution in [0.15, 0.2) is 34.7 Å². The number of carbonyl (C=O) groups is 1. The second-order valence-corrected chi connectivity index (χ2v) is 8.93. The summed E-state index contributed by atoms with van der Waals surface area (Å²) < 4.78 is 7.85. The quantitative estimate of drug-likeness (QED) is 0.274. The standard InChI is InChI=1S/C7H6N2O2S.C6H6N2OS.C6H6N2S/c1-11-7(10)4-2-5-6(9-4)8-3-12-5;9-2-4-1-5-6(8-4)7-3-10-5;1-4-2-5-6(8-4)7-3-9-5/h2-3,9H,1H3;1,3,8-9H,2H2;2-3,8H,1H3. The molecule has 6 heterocycles. The lowest BCUT2D eigenvalue weighted by atomic mass is 10.4. The Morgan fingerprint density at radius 2 is 1.45 bits per heavy atom. The number of hydrogen-bond acceptors (Lipinski definition) is 9. The third-order valence-corrected chi connectivity index (χ3v) is 6.46.